The van der Waals surface area contributed by atoms with Crippen molar-refractivity contribution in [3.63, 3.8) is 0 Å². The maximum atomic E-state index is 12.2. The van der Waals surface area contributed by atoms with E-state index in [1.807, 2.05) is 0 Å². The average molecular weight is 457 g/mol. The van der Waals surface area contributed by atoms with Gasteiger partial charge in [-0.05, 0) is 18.2 Å². The van der Waals surface area contributed by atoms with Gasteiger partial charge in [-0.3, -0.25) is 9.59 Å². The zero-order valence-electron chi connectivity index (χ0n) is 14.4. The van der Waals surface area contributed by atoms with E-state index < -0.39 is 38.3 Å². The van der Waals surface area contributed by atoms with Gasteiger partial charge in [-0.1, -0.05) is 27.7 Å². The Bertz CT molecular complexity index is 869. The number of hydrogen-bond donors (Lipinski definition) is 3. The molecule has 0 bridgehead atoms. The Morgan fingerprint density at radius 1 is 1.07 bits per heavy atom. The van der Waals surface area contributed by atoms with E-state index >= 15 is 0 Å². The summed E-state index contributed by atoms with van der Waals surface area (Å²) in [6.07, 6.45) is 1.03. The van der Waals surface area contributed by atoms with Crippen LogP contribution in [0.25, 0.3) is 0 Å². The van der Waals surface area contributed by atoms with Crippen LogP contribution in [0.15, 0.2) is 34.1 Å². The first-order valence-electron chi connectivity index (χ1n) is 7.55. The number of hydrogen-bond acceptors (Lipinski definition) is 8. The van der Waals surface area contributed by atoms with Gasteiger partial charge in [0.2, 0.25) is 15.9 Å². The van der Waals surface area contributed by atoms with Gasteiger partial charge in [0, 0.05) is 24.3 Å². The first-order valence-corrected chi connectivity index (χ1v) is 13.4. The summed E-state index contributed by atoms with van der Waals surface area (Å²) in [5.41, 5.74) is 0. The highest BCUT2D eigenvalue weighted by molar-refractivity contribution is 8.76. The van der Waals surface area contributed by atoms with Crippen LogP contribution in [0.1, 0.15) is 6.42 Å². The summed E-state index contributed by atoms with van der Waals surface area (Å²) in [6.45, 7) is -0.183. The zero-order valence-corrected chi connectivity index (χ0v) is 17.6. The molecule has 0 fully saturated rings. The second-order valence-corrected chi connectivity index (χ2v) is 11.7. The van der Waals surface area contributed by atoms with Crippen LogP contribution in [0.2, 0.25) is 0 Å². The lowest BCUT2D eigenvalue weighted by Crippen LogP contribution is -2.37. The zero-order chi connectivity index (χ0) is 20.5. The highest BCUT2D eigenvalue weighted by atomic mass is 33.1. The quantitative estimate of drug-likeness (QED) is 0.299. The second kappa shape index (κ2) is 10.9. The van der Waals surface area contributed by atoms with Crippen molar-refractivity contribution >= 4 is 53.3 Å². The van der Waals surface area contributed by atoms with Crippen LogP contribution in [-0.4, -0.2) is 64.7 Å². The lowest BCUT2D eigenvalue weighted by atomic mass is 10.4. The van der Waals surface area contributed by atoms with Crippen molar-refractivity contribution in [1.82, 2.24) is 10.0 Å². The summed E-state index contributed by atoms with van der Waals surface area (Å²) >= 11 is 0. The average Bonchev–Trinajstić information content (AvgIpc) is 2.58. The van der Waals surface area contributed by atoms with E-state index in [0.717, 1.165) is 12.3 Å². The number of carbonyl (C=O) groups excluding carboxylic acids is 1. The number of sulfonamides is 1. The number of rotatable bonds is 12. The lowest BCUT2D eigenvalue weighted by molar-refractivity contribution is -0.136. The third-order valence-electron chi connectivity index (χ3n) is 2.96. The van der Waals surface area contributed by atoms with Gasteiger partial charge in [-0.15, -0.1) is 0 Å². The number of amides is 1. The maximum absolute atomic E-state index is 12.2. The van der Waals surface area contributed by atoms with Crippen molar-refractivity contribution in [1.29, 1.82) is 0 Å². The minimum atomic E-state index is -4.03. The normalized spacial score (nSPS) is 11.9. The van der Waals surface area contributed by atoms with Crippen LogP contribution >= 0.6 is 21.6 Å². The molecule has 0 saturated heterocycles. The second-order valence-electron chi connectivity index (χ2n) is 5.21. The molecule has 0 unspecified atom stereocenters. The van der Waals surface area contributed by atoms with E-state index in [0.29, 0.717) is 18.1 Å². The van der Waals surface area contributed by atoms with Gasteiger partial charge in [0.25, 0.3) is 0 Å². The van der Waals surface area contributed by atoms with Gasteiger partial charge >= 0.3 is 5.97 Å². The van der Waals surface area contributed by atoms with Crippen molar-refractivity contribution in [2.45, 2.75) is 16.2 Å². The number of aliphatic carboxylic acids is 1. The Morgan fingerprint density at radius 3 is 2.33 bits per heavy atom. The van der Waals surface area contributed by atoms with Crippen molar-refractivity contribution in [3.8, 4) is 0 Å². The minimum absolute atomic E-state index is 0.0618. The molecule has 1 aromatic rings. The fraction of sp³-hybridized carbons (Fsp3) is 0.429. The maximum Gasteiger partial charge on any atom is 0.304 e. The molecule has 1 rings (SSSR count). The predicted molar refractivity (Wildman–Crippen MR) is 105 cm³/mol. The first-order chi connectivity index (χ1) is 12.5. The third-order valence-corrected chi connectivity index (χ3v) is 7.87. The van der Waals surface area contributed by atoms with Gasteiger partial charge in [-0.25, -0.2) is 21.6 Å². The Labute approximate surface area is 166 Å². The van der Waals surface area contributed by atoms with Crippen LogP contribution in [0.5, 0.6) is 0 Å². The SMILES string of the molecule is CS(=O)(=O)c1cccc(S(=O)(=O)NCC(=O)NCCSSCCC(=O)O)c1. The summed E-state index contributed by atoms with van der Waals surface area (Å²) in [6, 6.07) is 4.86. The summed E-state index contributed by atoms with van der Waals surface area (Å²) in [7, 11) is -4.80. The molecule has 27 heavy (non-hydrogen) atoms. The lowest BCUT2D eigenvalue weighted by Gasteiger charge is -2.08. The Balaban J connectivity index is 2.41. The molecule has 0 aromatic heterocycles. The third kappa shape index (κ3) is 9.46. The number of carbonyl (C=O) groups is 2. The Hall–Kier alpha value is -1.28. The minimum Gasteiger partial charge on any atom is -0.481 e. The number of carboxylic acids is 1. The fourth-order valence-electron chi connectivity index (χ4n) is 1.66. The molecule has 3 N–H and O–H groups in total. The van der Waals surface area contributed by atoms with Gasteiger partial charge in [0.1, 0.15) is 0 Å². The summed E-state index contributed by atoms with van der Waals surface area (Å²) in [4.78, 5) is 21.7. The standard InChI is InChI=1S/C14H20N2O7S4/c1-26(20,21)11-3-2-4-12(9-11)27(22,23)16-10-13(17)15-6-8-25-24-7-5-14(18)19/h2-4,9,16H,5-8,10H2,1H3,(H,15,17)(H,18,19). The Morgan fingerprint density at radius 2 is 1.70 bits per heavy atom. The first kappa shape index (κ1) is 23.8. The summed E-state index contributed by atoms with van der Waals surface area (Å²) in [5, 5.41) is 11.0. The molecule has 0 aliphatic carbocycles. The largest absolute Gasteiger partial charge is 0.481 e. The van der Waals surface area contributed by atoms with Crippen molar-refractivity contribution < 1.29 is 31.5 Å². The van der Waals surface area contributed by atoms with E-state index in [1.165, 1.54) is 39.8 Å². The molecule has 0 atom stereocenters. The molecule has 0 spiro atoms. The molecule has 0 aliphatic heterocycles. The number of nitrogens with one attached hydrogen (secondary N) is 2. The van der Waals surface area contributed by atoms with E-state index in [1.54, 1.807) is 0 Å². The number of benzene rings is 1. The van der Waals surface area contributed by atoms with E-state index in [-0.39, 0.29) is 16.2 Å². The predicted octanol–water partition coefficient (Wildman–Crippen LogP) is 0.341. The van der Waals surface area contributed by atoms with Crippen LogP contribution in [0.4, 0.5) is 0 Å². The van der Waals surface area contributed by atoms with Gasteiger partial charge in [0.15, 0.2) is 9.84 Å². The number of sulfone groups is 1. The van der Waals surface area contributed by atoms with Crippen LogP contribution in [0, 0.1) is 0 Å². The van der Waals surface area contributed by atoms with Crippen LogP contribution < -0.4 is 10.0 Å². The smallest absolute Gasteiger partial charge is 0.304 e. The highest BCUT2D eigenvalue weighted by Gasteiger charge is 2.18. The molecule has 13 heteroatoms. The molecule has 0 aliphatic rings. The van der Waals surface area contributed by atoms with E-state index in [2.05, 4.69) is 10.0 Å². The van der Waals surface area contributed by atoms with E-state index in [4.69, 9.17) is 5.11 Å². The number of carboxylic acid groups (broad SMARTS) is 1. The summed E-state index contributed by atoms with van der Waals surface area (Å²) < 4.78 is 49.5. The highest BCUT2D eigenvalue weighted by Crippen LogP contribution is 2.20. The van der Waals surface area contributed by atoms with Gasteiger partial charge in [0.05, 0.1) is 22.8 Å². The molecule has 1 aromatic carbocycles. The van der Waals surface area contributed by atoms with E-state index in [9.17, 15) is 26.4 Å². The molecule has 152 valence electrons. The molecule has 1 amide bonds. The molecular formula is C14H20N2O7S4. The fourth-order valence-corrected chi connectivity index (χ4v) is 5.31. The summed E-state index contributed by atoms with van der Waals surface area (Å²) in [5.74, 6) is -0.404. The van der Waals surface area contributed by atoms with Gasteiger partial charge in [-0.2, -0.15) is 0 Å². The van der Waals surface area contributed by atoms with Crippen molar-refractivity contribution in [2.75, 3.05) is 30.9 Å². The van der Waals surface area contributed by atoms with Crippen LogP contribution in [0.3, 0.4) is 0 Å². The molecular weight excluding hydrogens is 436 g/mol. The molecule has 0 radical (unpaired) electrons. The monoisotopic (exact) mass is 456 g/mol. The topological polar surface area (TPSA) is 147 Å². The van der Waals surface area contributed by atoms with Crippen molar-refractivity contribution in [2.24, 2.45) is 0 Å². The molecule has 9 nitrogen and oxygen atoms in total. The van der Waals surface area contributed by atoms with Crippen LogP contribution in [-0.2, 0) is 29.4 Å². The van der Waals surface area contributed by atoms with Gasteiger partial charge < -0.3 is 10.4 Å². The van der Waals surface area contributed by atoms with Crippen molar-refractivity contribution in [3.05, 3.63) is 24.3 Å². The molecule has 0 saturated carbocycles. The molecule has 0 heterocycles. The Kier molecular flexibility index (Phi) is 9.59.